The number of aliphatic hydroxyl groups is 1. The van der Waals surface area contributed by atoms with E-state index in [0.29, 0.717) is 11.2 Å². The largest absolute Gasteiger partial charge is 0.386 e. The second-order valence-corrected chi connectivity index (χ2v) is 7.32. The van der Waals surface area contributed by atoms with Crippen molar-refractivity contribution in [2.45, 2.75) is 19.4 Å². The van der Waals surface area contributed by atoms with Crippen molar-refractivity contribution in [2.24, 2.45) is 0 Å². The van der Waals surface area contributed by atoms with Crippen LogP contribution in [-0.4, -0.2) is 14.7 Å². The Morgan fingerprint density at radius 2 is 1.83 bits per heavy atom. The first-order chi connectivity index (χ1) is 13.8. The molecule has 0 unspecified atom stereocenters. The van der Waals surface area contributed by atoms with E-state index in [-0.39, 0.29) is 16.7 Å². The molecule has 144 valence electrons. The third-order valence-electron chi connectivity index (χ3n) is 4.89. The maximum Gasteiger partial charge on any atom is 0.132 e. The van der Waals surface area contributed by atoms with Gasteiger partial charge in [-0.3, -0.25) is 4.57 Å². The van der Waals surface area contributed by atoms with Crippen LogP contribution in [0, 0.1) is 23.0 Å². The van der Waals surface area contributed by atoms with Crippen molar-refractivity contribution in [3.05, 3.63) is 83.7 Å². The molecule has 1 heterocycles. The number of nitrogens with zero attached hydrogens (tertiary/aromatic N) is 3. The van der Waals surface area contributed by atoms with Crippen LogP contribution in [0.15, 0.2) is 60.9 Å². The second kappa shape index (κ2) is 6.80. The minimum absolute atomic E-state index is 0.00658. The number of halogens is 2. The number of rotatable bonds is 3. The lowest BCUT2D eigenvalue weighted by molar-refractivity contribution is 0.0787. The van der Waals surface area contributed by atoms with Crippen molar-refractivity contribution < 1.29 is 13.9 Å². The van der Waals surface area contributed by atoms with Crippen LogP contribution in [0.2, 0.25) is 0 Å². The molecule has 4 aromatic rings. The van der Waals surface area contributed by atoms with E-state index < -0.39 is 17.2 Å². The minimum Gasteiger partial charge on any atom is -0.386 e. The molecule has 0 radical (unpaired) electrons. The number of benzene rings is 3. The highest BCUT2D eigenvalue weighted by Gasteiger charge is 2.19. The van der Waals surface area contributed by atoms with Gasteiger partial charge in [0, 0.05) is 16.8 Å². The summed E-state index contributed by atoms with van der Waals surface area (Å²) in [7, 11) is 0. The lowest BCUT2D eigenvalue weighted by Crippen LogP contribution is -2.15. The molecule has 4 rings (SSSR count). The van der Waals surface area contributed by atoms with Crippen LogP contribution in [0.1, 0.15) is 25.0 Å². The van der Waals surface area contributed by atoms with E-state index in [1.807, 2.05) is 12.1 Å². The summed E-state index contributed by atoms with van der Waals surface area (Å²) < 4.78 is 30.7. The summed E-state index contributed by atoms with van der Waals surface area (Å²) in [6, 6.07) is 15.7. The normalized spacial score (nSPS) is 11.6. The maximum atomic E-state index is 14.6. The van der Waals surface area contributed by atoms with E-state index in [2.05, 4.69) is 4.98 Å². The Bertz CT molecular complexity index is 1280. The van der Waals surface area contributed by atoms with Crippen molar-refractivity contribution in [2.75, 3.05) is 0 Å². The van der Waals surface area contributed by atoms with Gasteiger partial charge in [0.25, 0.3) is 0 Å². The van der Waals surface area contributed by atoms with Crippen LogP contribution < -0.4 is 0 Å². The highest BCUT2D eigenvalue weighted by Crippen LogP contribution is 2.32. The third-order valence-corrected chi connectivity index (χ3v) is 4.89. The molecule has 0 atom stereocenters. The fraction of sp³-hybridized carbons (Fsp3) is 0.130. The summed E-state index contributed by atoms with van der Waals surface area (Å²) in [5.74, 6) is -1.28. The smallest absolute Gasteiger partial charge is 0.132 e. The standard InChI is InChI=1S/C23H17F2N3O/c1-23(2,29)15-6-9-21-20(10-15)27-13-28(21)16-7-8-18(24)17(11-16)22-14(12-26)4-3-5-19(22)25/h3-11,13,29H,1-2H3. The van der Waals surface area contributed by atoms with Gasteiger partial charge in [-0.1, -0.05) is 12.1 Å². The molecule has 0 amide bonds. The topological polar surface area (TPSA) is 61.8 Å². The highest BCUT2D eigenvalue weighted by molar-refractivity contribution is 5.80. The fourth-order valence-corrected chi connectivity index (χ4v) is 3.34. The van der Waals surface area contributed by atoms with Gasteiger partial charge in [-0.15, -0.1) is 0 Å². The average Bonchev–Trinajstić information content (AvgIpc) is 3.11. The molecule has 29 heavy (non-hydrogen) atoms. The number of hydrogen-bond acceptors (Lipinski definition) is 3. The van der Waals surface area contributed by atoms with Crippen LogP contribution in [-0.2, 0) is 5.60 Å². The summed E-state index contributed by atoms with van der Waals surface area (Å²) in [6.07, 6.45) is 1.59. The van der Waals surface area contributed by atoms with Gasteiger partial charge in [0.2, 0.25) is 0 Å². The van der Waals surface area contributed by atoms with E-state index in [9.17, 15) is 19.1 Å². The van der Waals surface area contributed by atoms with E-state index in [1.165, 1.54) is 30.3 Å². The number of hydrogen-bond donors (Lipinski definition) is 1. The van der Waals surface area contributed by atoms with Crippen LogP contribution >= 0.6 is 0 Å². The summed E-state index contributed by atoms with van der Waals surface area (Å²) in [5.41, 5.74) is 1.72. The zero-order valence-corrected chi connectivity index (χ0v) is 15.8. The van der Waals surface area contributed by atoms with Crippen molar-refractivity contribution in [3.63, 3.8) is 0 Å². The second-order valence-electron chi connectivity index (χ2n) is 7.32. The Balaban J connectivity index is 1.89. The molecule has 0 saturated heterocycles. The molecule has 0 saturated carbocycles. The van der Waals surface area contributed by atoms with Crippen molar-refractivity contribution in [1.82, 2.24) is 9.55 Å². The Labute approximate surface area is 166 Å². The molecule has 0 fully saturated rings. The van der Waals surface area contributed by atoms with Gasteiger partial charge in [0.05, 0.1) is 28.3 Å². The quantitative estimate of drug-likeness (QED) is 0.532. The first-order valence-corrected chi connectivity index (χ1v) is 8.98. The average molecular weight is 389 g/mol. The molecule has 0 aliphatic carbocycles. The highest BCUT2D eigenvalue weighted by atomic mass is 19.1. The fourth-order valence-electron chi connectivity index (χ4n) is 3.34. The van der Waals surface area contributed by atoms with Crippen LogP contribution in [0.5, 0.6) is 0 Å². The minimum atomic E-state index is -1.00. The Morgan fingerprint density at radius 3 is 2.55 bits per heavy atom. The zero-order chi connectivity index (χ0) is 20.8. The number of aromatic nitrogens is 2. The molecule has 0 aliphatic heterocycles. The predicted molar refractivity (Wildman–Crippen MR) is 106 cm³/mol. The molecule has 3 aromatic carbocycles. The summed E-state index contributed by atoms with van der Waals surface area (Å²) in [4.78, 5) is 4.38. The lowest BCUT2D eigenvalue weighted by Gasteiger charge is -2.17. The molecular formula is C23H17F2N3O. The van der Waals surface area contributed by atoms with Gasteiger partial charge in [0.1, 0.15) is 18.0 Å². The number of nitriles is 1. The number of fused-ring (bicyclic) bond motifs is 1. The van der Waals surface area contributed by atoms with Crippen LogP contribution in [0.25, 0.3) is 27.8 Å². The van der Waals surface area contributed by atoms with E-state index in [1.54, 1.807) is 42.9 Å². The van der Waals surface area contributed by atoms with Gasteiger partial charge >= 0.3 is 0 Å². The van der Waals surface area contributed by atoms with Gasteiger partial charge in [-0.2, -0.15) is 5.26 Å². The summed E-state index contributed by atoms with van der Waals surface area (Å²) in [5, 5.41) is 19.5. The zero-order valence-electron chi connectivity index (χ0n) is 15.8. The third kappa shape index (κ3) is 3.26. The molecule has 4 nitrogen and oxygen atoms in total. The van der Waals surface area contributed by atoms with Crippen LogP contribution in [0.3, 0.4) is 0 Å². The summed E-state index contributed by atoms with van der Waals surface area (Å²) in [6.45, 7) is 3.39. The Hall–Kier alpha value is -3.56. The SMILES string of the molecule is CC(C)(O)c1ccc2c(c1)ncn2-c1ccc(F)c(-c2c(F)cccc2C#N)c1. The first kappa shape index (κ1) is 18.8. The first-order valence-electron chi connectivity index (χ1n) is 8.98. The van der Waals surface area contributed by atoms with Crippen molar-refractivity contribution in [1.29, 1.82) is 5.26 Å². The molecule has 1 aromatic heterocycles. The molecule has 1 N–H and O–H groups in total. The van der Waals surface area contributed by atoms with Crippen LogP contribution in [0.4, 0.5) is 8.78 Å². The van der Waals surface area contributed by atoms with Gasteiger partial charge in [-0.05, 0) is 61.9 Å². The van der Waals surface area contributed by atoms with Gasteiger partial charge in [-0.25, -0.2) is 13.8 Å². The molecular weight excluding hydrogens is 372 g/mol. The Morgan fingerprint density at radius 1 is 1.03 bits per heavy atom. The van der Waals surface area contributed by atoms with E-state index in [4.69, 9.17) is 0 Å². The lowest BCUT2D eigenvalue weighted by atomic mass is 9.98. The maximum absolute atomic E-state index is 14.6. The van der Waals surface area contributed by atoms with Crippen molar-refractivity contribution >= 4 is 11.0 Å². The van der Waals surface area contributed by atoms with E-state index in [0.717, 1.165) is 11.1 Å². The Kier molecular flexibility index (Phi) is 4.40. The molecule has 0 spiro atoms. The van der Waals surface area contributed by atoms with Gasteiger partial charge < -0.3 is 5.11 Å². The summed E-state index contributed by atoms with van der Waals surface area (Å²) >= 11 is 0. The van der Waals surface area contributed by atoms with E-state index >= 15 is 0 Å². The molecule has 0 aliphatic rings. The van der Waals surface area contributed by atoms with Gasteiger partial charge in [0.15, 0.2) is 0 Å². The van der Waals surface area contributed by atoms with Crippen molar-refractivity contribution in [3.8, 4) is 22.9 Å². The monoisotopic (exact) mass is 389 g/mol. The molecule has 0 bridgehead atoms. The molecule has 6 heteroatoms. The number of imidazole rings is 1. The predicted octanol–water partition coefficient (Wildman–Crippen LogP) is 5.07.